The van der Waals surface area contributed by atoms with E-state index in [0.29, 0.717) is 48.4 Å². The maximum Gasteiger partial charge on any atom is 0.348 e. The number of anilines is 1. The summed E-state index contributed by atoms with van der Waals surface area (Å²) in [6.07, 6.45) is 4.21. The van der Waals surface area contributed by atoms with E-state index in [4.69, 9.17) is 4.74 Å². The van der Waals surface area contributed by atoms with Crippen LogP contribution in [0.4, 0.5) is 21.9 Å². The number of para-hydroxylation sites is 1. The van der Waals surface area contributed by atoms with Gasteiger partial charge in [-0.05, 0) is 60.9 Å². The first kappa shape index (κ1) is 33.1. The van der Waals surface area contributed by atoms with Crippen LogP contribution in [0.5, 0.6) is 0 Å². The molecule has 0 saturated heterocycles. The predicted octanol–water partition coefficient (Wildman–Crippen LogP) is 7.03. The number of ether oxygens (including phenoxy) is 1. The second kappa shape index (κ2) is 16.9. The van der Waals surface area contributed by atoms with Crippen LogP contribution in [-0.2, 0) is 22.3 Å². The van der Waals surface area contributed by atoms with E-state index in [2.05, 4.69) is 31.2 Å². The molecule has 12 nitrogen and oxygen atoms in total. The Morgan fingerprint density at radius 1 is 0.894 bits per heavy atom. The monoisotopic (exact) mass is 652 g/mol. The van der Waals surface area contributed by atoms with Gasteiger partial charge in [-0.25, -0.2) is 4.79 Å². The minimum Gasteiger partial charge on any atom is -0.465 e. The van der Waals surface area contributed by atoms with Crippen LogP contribution in [0.2, 0.25) is 0 Å². The Morgan fingerprint density at radius 3 is 2.45 bits per heavy atom. The lowest BCUT2D eigenvalue weighted by Crippen LogP contribution is -2.26. The summed E-state index contributed by atoms with van der Waals surface area (Å²) < 4.78 is 8.19. The second-order valence-electron chi connectivity index (χ2n) is 10.7. The number of nitrogens with one attached hydrogen (secondary N) is 2. The molecule has 242 valence electrons. The van der Waals surface area contributed by atoms with Crippen LogP contribution in [0.25, 0.3) is 11.0 Å². The fourth-order valence-corrected chi connectivity index (χ4v) is 5.44. The van der Waals surface area contributed by atoms with Gasteiger partial charge >= 0.3 is 12.0 Å². The molecule has 0 fully saturated rings. The molecule has 0 unspecified atom stereocenters. The first-order chi connectivity index (χ1) is 23.0. The molecule has 2 N–H and O–H groups in total. The number of esters is 1. The van der Waals surface area contributed by atoms with E-state index in [1.54, 1.807) is 53.8 Å². The van der Waals surface area contributed by atoms with Gasteiger partial charge in [0.2, 0.25) is 0 Å². The average molecular weight is 653 g/mol. The Hall–Kier alpha value is -5.30. The maximum absolute atomic E-state index is 12.7. The number of nitrogens with zero attached hydrogens (tertiary/aromatic N) is 6. The smallest absolute Gasteiger partial charge is 0.348 e. The summed E-state index contributed by atoms with van der Waals surface area (Å²) in [4.78, 5) is 37.5. The molecule has 0 aliphatic rings. The molecule has 5 rings (SSSR count). The third-order valence-corrected chi connectivity index (χ3v) is 8.10. The number of benzene rings is 3. The largest absolute Gasteiger partial charge is 0.465 e. The highest BCUT2D eigenvalue weighted by atomic mass is 32.2. The number of hydrogen-bond acceptors (Lipinski definition) is 9. The molecule has 5 aromatic rings. The zero-order chi connectivity index (χ0) is 32.8. The first-order valence-electron chi connectivity index (χ1n) is 15.3. The summed E-state index contributed by atoms with van der Waals surface area (Å²) in [5, 5.41) is 22.0. The van der Waals surface area contributed by atoms with Gasteiger partial charge in [0.1, 0.15) is 17.8 Å². The molecular weight excluding hydrogens is 616 g/mol. The van der Waals surface area contributed by atoms with Gasteiger partial charge in [0.05, 0.1) is 22.6 Å². The Balaban J connectivity index is 0.907. The van der Waals surface area contributed by atoms with E-state index >= 15 is 0 Å². The normalized spacial score (nSPS) is 11.2. The van der Waals surface area contributed by atoms with Gasteiger partial charge < -0.3 is 19.9 Å². The standard InChI is InChI=1S/C34H36N8O4S/c1-41-23-28(36-34(45)42-30-13-8-7-12-29(30)39-40-42)22-31(41)33(44)35-19-9-3-6-14-32(43)46-20-21-47-24-25-15-17-27(18-16-25)38-37-26-10-4-2-5-11-26/h2,4-5,7-8,10-13,15-18,22-23H,3,6,9,14,19-21,24H2,1H3,(H,35,44)(H,36,45). The van der Waals surface area contributed by atoms with E-state index in [0.717, 1.165) is 35.7 Å². The molecule has 0 atom stereocenters. The van der Waals surface area contributed by atoms with Gasteiger partial charge in [0.25, 0.3) is 5.91 Å². The lowest BCUT2D eigenvalue weighted by molar-refractivity contribution is -0.143. The number of azo groups is 1. The van der Waals surface area contributed by atoms with Crippen molar-refractivity contribution in [3.8, 4) is 0 Å². The SMILES string of the molecule is Cn1cc(NC(=O)n2nnc3ccccc32)cc1C(=O)NCCCCCC(=O)OCCSCc1ccc(N=Nc2ccccc2)cc1. The van der Waals surface area contributed by atoms with Crippen molar-refractivity contribution < 1.29 is 19.1 Å². The van der Waals surface area contributed by atoms with Crippen LogP contribution in [0, 0.1) is 0 Å². The van der Waals surface area contributed by atoms with Crippen LogP contribution < -0.4 is 10.6 Å². The number of unbranched alkanes of at least 4 members (excludes halogenated alkanes) is 2. The quantitative estimate of drug-likeness (QED) is 0.0701. The van der Waals surface area contributed by atoms with E-state index in [1.807, 2.05) is 60.7 Å². The van der Waals surface area contributed by atoms with E-state index < -0.39 is 6.03 Å². The van der Waals surface area contributed by atoms with Crippen LogP contribution in [0.15, 0.2) is 101 Å². The molecule has 47 heavy (non-hydrogen) atoms. The molecule has 3 aromatic carbocycles. The Morgan fingerprint density at radius 2 is 1.64 bits per heavy atom. The summed E-state index contributed by atoms with van der Waals surface area (Å²) in [7, 11) is 1.73. The Kier molecular flexibility index (Phi) is 11.9. The van der Waals surface area contributed by atoms with Crippen molar-refractivity contribution in [2.45, 2.75) is 31.4 Å². The molecule has 0 aliphatic heterocycles. The molecule has 2 amide bonds. The summed E-state index contributed by atoms with van der Waals surface area (Å²) in [5.74, 6) is 1.08. The number of thioether (sulfide) groups is 1. The van der Waals surface area contributed by atoms with Crippen molar-refractivity contribution in [3.05, 3.63) is 102 Å². The van der Waals surface area contributed by atoms with Gasteiger partial charge in [-0.15, -0.1) is 5.10 Å². The molecule has 0 spiro atoms. The van der Waals surface area contributed by atoms with E-state index in [1.165, 1.54) is 10.2 Å². The van der Waals surface area contributed by atoms with Crippen molar-refractivity contribution in [3.63, 3.8) is 0 Å². The van der Waals surface area contributed by atoms with Crippen LogP contribution in [-0.4, -0.2) is 56.4 Å². The number of amides is 2. The number of fused-ring (bicyclic) bond motifs is 1. The van der Waals surface area contributed by atoms with Crippen LogP contribution >= 0.6 is 11.8 Å². The van der Waals surface area contributed by atoms with Crippen LogP contribution in [0.3, 0.4) is 0 Å². The minimum atomic E-state index is -0.473. The van der Waals surface area contributed by atoms with Gasteiger partial charge in [0, 0.05) is 37.7 Å². The number of rotatable bonds is 15. The average Bonchev–Trinajstić information content (AvgIpc) is 3.69. The van der Waals surface area contributed by atoms with Crippen molar-refractivity contribution in [2.24, 2.45) is 17.3 Å². The van der Waals surface area contributed by atoms with Crippen LogP contribution in [0.1, 0.15) is 41.7 Å². The van der Waals surface area contributed by atoms with E-state index in [-0.39, 0.29) is 11.9 Å². The molecule has 0 radical (unpaired) electrons. The molecule has 2 heterocycles. The lowest BCUT2D eigenvalue weighted by Gasteiger charge is -2.07. The summed E-state index contributed by atoms with van der Waals surface area (Å²) >= 11 is 1.70. The zero-order valence-corrected chi connectivity index (χ0v) is 26.9. The number of aromatic nitrogens is 4. The first-order valence-corrected chi connectivity index (χ1v) is 16.5. The topological polar surface area (TPSA) is 145 Å². The molecular formula is C34H36N8O4S. The van der Waals surface area contributed by atoms with Crippen molar-refractivity contribution in [2.75, 3.05) is 24.2 Å². The van der Waals surface area contributed by atoms with Gasteiger partial charge in [-0.1, -0.05) is 54.1 Å². The summed E-state index contributed by atoms with van der Waals surface area (Å²) in [5.41, 5.74) is 4.86. The molecule has 13 heteroatoms. The van der Waals surface area contributed by atoms with Crippen molar-refractivity contribution >= 4 is 57.8 Å². The van der Waals surface area contributed by atoms with E-state index in [9.17, 15) is 14.4 Å². The van der Waals surface area contributed by atoms with Gasteiger partial charge in [0.15, 0.2) is 0 Å². The lowest BCUT2D eigenvalue weighted by atomic mass is 10.2. The predicted molar refractivity (Wildman–Crippen MR) is 182 cm³/mol. The fourth-order valence-electron chi connectivity index (χ4n) is 4.66. The van der Waals surface area contributed by atoms with Gasteiger partial charge in [-0.3, -0.25) is 9.59 Å². The Labute approximate surface area is 276 Å². The second-order valence-corrected chi connectivity index (χ2v) is 11.8. The highest BCUT2D eigenvalue weighted by Crippen LogP contribution is 2.20. The van der Waals surface area contributed by atoms with Gasteiger partial charge in [-0.2, -0.15) is 26.7 Å². The molecule has 0 saturated carbocycles. The van der Waals surface area contributed by atoms with Crippen molar-refractivity contribution in [1.82, 2.24) is 24.9 Å². The highest BCUT2D eigenvalue weighted by Gasteiger charge is 2.16. The number of carbonyl (C=O) groups is 3. The summed E-state index contributed by atoms with van der Waals surface area (Å²) in [6, 6.07) is 25.8. The van der Waals surface area contributed by atoms with Crippen molar-refractivity contribution in [1.29, 1.82) is 0 Å². The third kappa shape index (κ3) is 9.84. The third-order valence-electron chi connectivity index (χ3n) is 7.11. The number of carbonyl (C=O) groups excluding carboxylic acids is 3. The summed E-state index contributed by atoms with van der Waals surface area (Å²) in [6.45, 7) is 0.844. The Bertz CT molecular complexity index is 1820. The highest BCUT2D eigenvalue weighted by molar-refractivity contribution is 7.98. The number of aryl methyl sites for hydroxylation is 1. The number of hydrogen-bond donors (Lipinski definition) is 2. The molecule has 0 bridgehead atoms. The molecule has 0 aliphatic carbocycles. The zero-order valence-electron chi connectivity index (χ0n) is 26.0. The molecule has 2 aromatic heterocycles. The maximum atomic E-state index is 12.7. The fraction of sp³-hybridized carbons (Fsp3) is 0.265. The minimum absolute atomic E-state index is 0.208.